The minimum absolute atomic E-state index is 0.0679. The van der Waals surface area contributed by atoms with Crippen LogP contribution in [0.4, 0.5) is 5.69 Å². The van der Waals surface area contributed by atoms with Gasteiger partial charge in [-0.25, -0.2) is 4.98 Å². The zero-order valence-corrected chi connectivity index (χ0v) is 16.4. The van der Waals surface area contributed by atoms with Crippen LogP contribution < -0.4 is 5.32 Å². The Labute approximate surface area is 166 Å². The zero-order valence-electron chi connectivity index (χ0n) is 14.8. The van der Waals surface area contributed by atoms with Crippen molar-refractivity contribution in [3.05, 3.63) is 90.0 Å². The van der Waals surface area contributed by atoms with Crippen molar-refractivity contribution in [3.8, 4) is 0 Å². The van der Waals surface area contributed by atoms with Gasteiger partial charge in [0.05, 0.1) is 15.5 Å². The van der Waals surface area contributed by atoms with Crippen LogP contribution in [-0.2, 0) is 4.79 Å². The average molecular weight is 391 g/mol. The Kier molecular flexibility index (Phi) is 5.23. The largest absolute Gasteiger partial charge is 0.326 e. The first-order valence-corrected chi connectivity index (χ1v) is 10.3. The molecule has 0 aliphatic heterocycles. The highest BCUT2D eigenvalue weighted by atomic mass is 32.2. The van der Waals surface area contributed by atoms with E-state index in [4.69, 9.17) is 4.98 Å². The van der Waals surface area contributed by atoms with Crippen molar-refractivity contribution in [2.75, 3.05) is 5.32 Å². The minimum atomic E-state index is -0.0679. The predicted molar refractivity (Wildman–Crippen MR) is 115 cm³/mol. The molecule has 134 valence electrons. The Morgan fingerprint density at radius 2 is 1.59 bits per heavy atom. The summed E-state index contributed by atoms with van der Waals surface area (Å²) in [6.07, 6.45) is 0. The van der Waals surface area contributed by atoms with Gasteiger partial charge < -0.3 is 5.32 Å². The van der Waals surface area contributed by atoms with Crippen molar-refractivity contribution in [1.29, 1.82) is 0 Å². The number of thiazole rings is 1. The highest BCUT2D eigenvalue weighted by Gasteiger charge is 2.18. The van der Waals surface area contributed by atoms with Gasteiger partial charge in [0.15, 0.2) is 4.34 Å². The van der Waals surface area contributed by atoms with Crippen LogP contribution in [0.5, 0.6) is 0 Å². The van der Waals surface area contributed by atoms with Crippen molar-refractivity contribution in [3.63, 3.8) is 0 Å². The molecule has 4 aromatic rings. The number of aromatic nitrogens is 1. The molecule has 0 saturated carbocycles. The third kappa shape index (κ3) is 4.21. The molecule has 0 aliphatic carbocycles. The minimum Gasteiger partial charge on any atom is -0.326 e. The summed E-state index contributed by atoms with van der Waals surface area (Å²) in [5.74, 6) is -0.0679. The number of nitrogens with one attached hydrogen (secondary N) is 1. The van der Waals surface area contributed by atoms with Gasteiger partial charge >= 0.3 is 0 Å². The van der Waals surface area contributed by atoms with Gasteiger partial charge in [0.25, 0.3) is 0 Å². The van der Waals surface area contributed by atoms with Crippen LogP contribution >= 0.6 is 23.1 Å². The Bertz CT molecular complexity index is 1020. The molecule has 0 bridgehead atoms. The van der Waals surface area contributed by atoms with Gasteiger partial charge in [-0.1, -0.05) is 72.4 Å². The first-order valence-electron chi connectivity index (χ1n) is 8.64. The van der Waals surface area contributed by atoms with Gasteiger partial charge in [-0.05, 0) is 29.3 Å². The van der Waals surface area contributed by atoms with E-state index < -0.39 is 0 Å². The summed E-state index contributed by atoms with van der Waals surface area (Å²) in [7, 11) is 0. The van der Waals surface area contributed by atoms with Crippen molar-refractivity contribution in [2.24, 2.45) is 0 Å². The summed E-state index contributed by atoms with van der Waals surface area (Å²) in [6, 6.07) is 26.8. The van der Waals surface area contributed by atoms with Gasteiger partial charge in [0.2, 0.25) is 5.91 Å². The number of carbonyl (C=O) groups is 1. The average Bonchev–Trinajstić information content (AvgIpc) is 3.09. The molecule has 27 heavy (non-hydrogen) atoms. The number of benzene rings is 3. The van der Waals surface area contributed by atoms with E-state index >= 15 is 0 Å². The van der Waals surface area contributed by atoms with Gasteiger partial charge in [-0.3, -0.25) is 4.79 Å². The van der Waals surface area contributed by atoms with E-state index in [1.165, 1.54) is 18.1 Å². The lowest BCUT2D eigenvalue weighted by Crippen LogP contribution is -2.05. The number of amides is 1. The molecule has 0 aliphatic rings. The molecule has 4 rings (SSSR count). The molecule has 3 aromatic carbocycles. The van der Waals surface area contributed by atoms with E-state index in [9.17, 15) is 4.79 Å². The Morgan fingerprint density at radius 1 is 0.963 bits per heavy atom. The van der Waals surface area contributed by atoms with Crippen LogP contribution in [-0.4, -0.2) is 10.9 Å². The fourth-order valence-electron chi connectivity index (χ4n) is 2.92. The van der Waals surface area contributed by atoms with Crippen LogP contribution in [0, 0.1) is 0 Å². The van der Waals surface area contributed by atoms with Crippen molar-refractivity contribution in [2.45, 2.75) is 16.5 Å². The Morgan fingerprint density at radius 3 is 2.19 bits per heavy atom. The highest BCUT2D eigenvalue weighted by molar-refractivity contribution is 8.01. The molecule has 1 N–H and O–H groups in total. The number of carbonyl (C=O) groups excluding carboxylic acids is 1. The van der Waals surface area contributed by atoms with E-state index in [-0.39, 0.29) is 11.2 Å². The predicted octanol–water partition coefficient (Wildman–Crippen LogP) is 6.14. The second kappa shape index (κ2) is 7.94. The highest BCUT2D eigenvalue weighted by Crippen LogP contribution is 2.43. The van der Waals surface area contributed by atoms with E-state index in [1.807, 2.05) is 30.3 Å². The van der Waals surface area contributed by atoms with E-state index in [0.29, 0.717) is 0 Å². The number of rotatable bonds is 5. The molecule has 0 atom stereocenters. The van der Waals surface area contributed by atoms with Crippen molar-refractivity contribution >= 4 is 44.9 Å². The first kappa shape index (κ1) is 17.8. The zero-order chi connectivity index (χ0) is 18.6. The van der Waals surface area contributed by atoms with E-state index in [0.717, 1.165) is 20.2 Å². The molecular formula is C22H18N2OS2. The number of fused-ring (bicyclic) bond motifs is 1. The number of hydrogen-bond acceptors (Lipinski definition) is 4. The molecule has 0 saturated heterocycles. The molecule has 0 unspecified atom stereocenters. The Hall–Kier alpha value is -2.63. The molecule has 0 fully saturated rings. The van der Waals surface area contributed by atoms with Crippen LogP contribution in [0.25, 0.3) is 10.2 Å². The van der Waals surface area contributed by atoms with Crippen LogP contribution in [0.15, 0.2) is 83.2 Å². The van der Waals surface area contributed by atoms with Crippen LogP contribution in [0.1, 0.15) is 23.3 Å². The lowest BCUT2D eigenvalue weighted by molar-refractivity contribution is -0.114. The lowest BCUT2D eigenvalue weighted by atomic mass is 10.0. The maximum atomic E-state index is 11.3. The second-order valence-corrected chi connectivity index (χ2v) is 8.55. The summed E-state index contributed by atoms with van der Waals surface area (Å²) in [4.78, 5) is 16.1. The van der Waals surface area contributed by atoms with Gasteiger partial charge in [-0.15, -0.1) is 11.3 Å². The molecule has 5 heteroatoms. The van der Waals surface area contributed by atoms with E-state index in [1.54, 1.807) is 23.1 Å². The topological polar surface area (TPSA) is 42.0 Å². The monoisotopic (exact) mass is 390 g/mol. The van der Waals surface area contributed by atoms with Crippen LogP contribution in [0.3, 0.4) is 0 Å². The summed E-state index contributed by atoms with van der Waals surface area (Å²) in [5, 5.41) is 3.01. The quantitative estimate of drug-likeness (QED) is 0.416. The normalized spacial score (nSPS) is 11.0. The van der Waals surface area contributed by atoms with Gasteiger partial charge in [-0.2, -0.15) is 0 Å². The third-order valence-corrected chi connectivity index (χ3v) is 6.54. The number of nitrogens with zero attached hydrogens (tertiary/aromatic N) is 1. The SMILES string of the molecule is CC(=O)Nc1ccc2nc(SC(c3ccccc3)c3ccccc3)sc2c1. The smallest absolute Gasteiger partial charge is 0.221 e. The third-order valence-electron chi connectivity index (χ3n) is 4.11. The summed E-state index contributed by atoms with van der Waals surface area (Å²) >= 11 is 3.42. The molecule has 1 aromatic heterocycles. The van der Waals surface area contributed by atoms with E-state index in [2.05, 4.69) is 53.8 Å². The summed E-state index contributed by atoms with van der Waals surface area (Å²) in [5.41, 5.74) is 4.27. The van der Waals surface area contributed by atoms with Crippen molar-refractivity contribution in [1.82, 2.24) is 4.98 Å². The molecular weight excluding hydrogens is 372 g/mol. The van der Waals surface area contributed by atoms with Gasteiger partial charge in [0, 0.05) is 12.6 Å². The molecule has 3 nitrogen and oxygen atoms in total. The molecule has 1 heterocycles. The Balaban J connectivity index is 1.68. The summed E-state index contributed by atoms with van der Waals surface area (Å²) < 4.78 is 2.09. The summed E-state index contributed by atoms with van der Waals surface area (Å²) in [6.45, 7) is 1.52. The second-order valence-electron chi connectivity index (χ2n) is 6.16. The number of thioether (sulfide) groups is 1. The standard InChI is InChI=1S/C22H18N2OS2/c1-15(25)23-18-12-13-19-20(14-18)26-22(24-19)27-21(16-8-4-2-5-9-16)17-10-6-3-7-11-17/h2-14,21H,1H3,(H,23,25). The fourth-order valence-corrected chi connectivity index (χ4v) is 5.35. The number of hydrogen-bond donors (Lipinski definition) is 1. The van der Waals surface area contributed by atoms with Gasteiger partial charge in [0.1, 0.15) is 0 Å². The van der Waals surface area contributed by atoms with Crippen LogP contribution in [0.2, 0.25) is 0 Å². The fraction of sp³-hybridized carbons (Fsp3) is 0.0909. The first-order chi connectivity index (χ1) is 13.2. The molecule has 0 radical (unpaired) electrons. The van der Waals surface area contributed by atoms with Crippen molar-refractivity contribution < 1.29 is 4.79 Å². The maximum absolute atomic E-state index is 11.3. The molecule has 0 spiro atoms. The number of anilines is 1. The maximum Gasteiger partial charge on any atom is 0.221 e. The lowest BCUT2D eigenvalue weighted by Gasteiger charge is -2.16. The molecule has 1 amide bonds.